The molecule has 0 radical (unpaired) electrons. The molecule has 0 bridgehead atoms. The molecule has 1 unspecified atom stereocenters. The van der Waals surface area contributed by atoms with Crippen LogP contribution in [0.5, 0.6) is 17.2 Å². The minimum Gasteiger partial charge on any atom is -0.497 e. The molecule has 0 aliphatic heterocycles. The number of methoxy groups -OCH3 is 2. The SMILES string of the molecule is COc1ccc(-c2noc(CNC(=O)C(C)Oc3ccccc3C)n2)c(OC)c1. The van der Waals surface area contributed by atoms with Crippen molar-refractivity contribution in [2.45, 2.75) is 26.5 Å². The third-order valence-corrected chi connectivity index (χ3v) is 4.30. The fourth-order valence-electron chi connectivity index (χ4n) is 2.66. The van der Waals surface area contributed by atoms with Crippen molar-refractivity contribution in [3.63, 3.8) is 0 Å². The van der Waals surface area contributed by atoms with Gasteiger partial charge in [-0.25, -0.2) is 0 Å². The van der Waals surface area contributed by atoms with E-state index in [4.69, 9.17) is 18.7 Å². The lowest BCUT2D eigenvalue weighted by Gasteiger charge is -2.15. The van der Waals surface area contributed by atoms with Crippen molar-refractivity contribution in [3.8, 4) is 28.6 Å². The van der Waals surface area contributed by atoms with Crippen LogP contribution in [0.2, 0.25) is 0 Å². The lowest BCUT2D eigenvalue weighted by atomic mass is 10.2. The van der Waals surface area contributed by atoms with E-state index in [1.165, 1.54) is 0 Å². The molecule has 1 N–H and O–H groups in total. The van der Waals surface area contributed by atoms with Crippen LogP contribution < -0.4 is 19.5 Å². The first-order chi connectivity index (χ1) is 14.0. The first kappa shape index (κ1) is 20.2. The molecule has 8 heteroatoms. The van der Waals surface area contributed by atoms with E-state index in [1.807, 2.05) is 31.2 Å². The van der Waals surface area contributed by atoms with Gasteiger partial charge in [-0.2, -0.15) is 4.98 Å². The Morgan fingerprint density at radius 2 is 1.93 bits per heavy atom. The quantitative estimate of drug-likeness (QED) is 0.624. The van der Waals surface area contributed by atoms with Gasteiger partial charge in [-0.1, -0.05) is 23.4 Å². The Morgan fingerprint density at radius 1 is 1.14 bits per heavy atom. The van der Waals surface area contributed by atoms with Crippen LogP contribution >= 0.6 is 0 Å². The first-order valence-corrected chi connectivity index (χ1v) is 9.06. The monoisotopic (exact) mass is 397 g/mol. The summed E-state index contributed by atoms with van der Waals surface area (Å²) in [6.07, 6.45) is -0.667. The highest BCUT2D eigenvalue weighted by atomic mass is 16.5. The zero-order valence-corrected chi connectivity index (χ0v) is 16.8. The van der Waals surface area contributed by atoms with Crippen molar-refractivity contribution in [2.24, 2.45) is 0 Å². The van der Waals surface area contributed by atoms with Crippen molar-refractivity contribution in [2.75, 3.05) is 14.2 Å². The van der Waals surface area contributed by atoms with E-state index in [9.17, 15) is 4.79 Å². The van der Waals surface area contributed by atoms with Crippen LogP contribution in [-0.2, 0) is 11.3 Å². The molecule has 29 heavy (non-hydrogen) atoms. The Hall–Kier alpha value is -3.55. The number of carbonyl (C=O) groups is 1. The smallest absolute Gasteiger partial charge is 0.261 e. The van der Waals surface area contributed by atoms with E-state index in [2.05, 4.69) is 15.5 Å². The fourth-order valence-corrected chi connectivity index (χ4v) is 2.66. The number of aryl methyl sites for hydroxylation is 1. The molecular formula is C21H23N3O5. The summed E-state index contributed by atoms with van der Waals surface area (Å²) in [4.78, 5) is 16.6. The van der Waals surface area contributed by atoms with Gasteiger partial charge < -0.3 is 24.1 Å². The highest BCUT2D eigenvalue weighted by Crippen LogP contribution is 2.31. The van der Waals surface area contributed by atoms with Crippen LogP contribution in [0.15, 0.2) is 47.0 Å². The average Bonchev–Trinajstić information content (AvgIpc) is 3.21. The van der Waals surface area contributed by atoms with E-state index in [0.29, 0.717) is 28.6 Å². The second kappa shape index (κ2) is 9.09. The number of nitrogens with zero attached hydrogens (tertiary/aromatic N) is 2. The Labute approximate surface area is 168 Å². The Balaban J connectivity index is 1.62. The van der Waals surface area contributed by atoms with Gasteiger partial charge in [0, 0.05) is 6.07 Å². The summed E-state index contributed by atoms with van der Waals surface area (Å²) in [5, 5.41) is 6.70. The van der Waals surface area contributed by atoms with Crippen molar-refractivity contribution < 1.29 is 23.5 Å². The molecule has 2 aromatic carbocycles. The number of para-hydroxylation sites is 1. The van der Waals surface area contributed by atoms with Gasteiger partial charge in [-0.05, 0) is 37.6 Å². The van der Waals surface area contributed by atoms with Crippen LogP contribution in [-0.4, -0.2) is 36.4 Å². The lowest BCUT2D eigenvalue weighted by molar-refractivity contribution is -0.127. The summed E-state index contributed by atoms with van der Waals surface area (Å²) in [7, 11) is 3.13. The maximum Gasteiger partial charge on any atom is 0.261 e. The topological polar surface area (TPSA) is 95.7 Å². The number of amides is 1. The van der Waals surface area contributed by atoms with Gasteiger partial charge in [0.2, 0.25) is 11.7 Å². The number of aromatic nitrogens is 2. The van der Waals surface area contributed by atoms with Crippen molar-refractivity contribution >= 4 is 5.91 Å². The van der Waals surface area contributed by atoms with Crippen LogP contribution in [0.3, 0.4) is 0 Å². The van der Waals surface area contributed by atoms with E-state index in [1.54, 1.807) is 39.3 Å². The zero-order chi connectivity index (χ0) is 20.8. The highest BCUT2D eigenvalue weighted by molar-refractivity contribution is 5.80. The number of ether oxygens (including phenoxy) is 3. The molecule has 1 amide bonds. The summed E-state index contributed by atoms with van der Waals surface area (Å²) in [6, 6.07) is 12.8. The Morgan fingerprint density at radius 3 is 2.66 bits per heavy atom. The van der Waals surface area contributed by atoms with Crippen LogP contribution in [0.1, 0.15) is 18.4 Å². The molecule has 3 rings (SSSR count). The van der Waals surface area contributed by atoms with E-state index < -0.39 is 6.10 Å². The molecule has 3 aromatic rings. The van der Waals surface area contributed by atoms with Crippen LogP contribution in [0.25, 0.3) is 11.4 Å². The normalized spacial score (nSPS) is 11.6. The van der Waals surface area contributed by atoms with Gasteiger partial charge in [0.15, 0.2) is 6.10 Å². The largest absolute Gasteiger partial charge is 0.497 e. The predicted octanol–water partition coefficient (Wildman–Crippen LogP) is 3.15. The molecule has 0 saturated carbocycles. The van der Waals surface area contributed by atoms with Crippen LogP contribution in [0, 0.1) is 6.92 Å². The Bertz CT molecular complexity index is 986. The minimum atomic E-state index is -0.667. The zero-order valence-electron chi connectivity index (χ0n) is 16.8. The number of nitrogens with one attached hydrogen (secondary N) is 1. The number of hydrogen-bond acceptors (Lipinski definition) is 7. The number of benzene rings is 2. The van der Waals surface area contributed by atoms with E-state index in [-0.39, 0.29) is 18.3 Å². The summed E-state index contributed by atoms with van der Waals surface area (Å²) in [5.74, 6) is 2.23. The average molecular weight is 397 g/mol. The highest BCUT2D eigenvalue weighted by Gasteiger charge is 2.18. The van der Waals surface area contributed by atoms with Crippen molar-refractivity contribution in [1.82, 2.24) is 15.5 Å². The third-order valence-electron chi connectivity index (χ3n) is 4.30. The van der Waals surface area contributed by atoms with Crippen LogP contribution in [0.4, 0.5) is 0 Å². The minimum absolute atomic E-state index is 0.0891. The van der Waals surface area contributed by atoms with Crippen molar-refractivity contribution in [1.29, 1.82) is 0 Å². The summed E-state index contributed by atoms with van der Waals surface area (Å²) in [6.45, 7) is 3.70. The van der Waals surface area contributed by atoms with Gasteiger partial charge in [0.25, 0.3) is 5.91 Å². The summed E-state index contributed by atoms with van der Waals surface area (Å²) >= 11 is 0. The molecule has 1 atom stereocenters. The lowest BCUT2D eigenvalue weighted by Crippen LogP contribution is -2.36. The first-order valence-electron chi connectivity index (χ1n) is 9.06. The number of carbonyl (C=O) groups excluding carboxylic acids is 1. The Kier molecular flexibility index (Phi) is 6.33. The van der Waals surface area contributed by atoms with E-state index >= 15 is 0 Å². The third kappa shape index (κ3) is 4.84. The maximum atomic E-state index is 12.3. The number of hydrogen-bond donors (Lipinski definition) is 1. The summed E-state index contributed by atoms with van der Waals surface area (Å²) in [5.41, 5.74) is 1.62. The van der Waals surface area contributed by atoms with Crippen molar-refractivity contribution in [3.05, 3.63) is 53.9 Å². The van der Waals surface area contributed by atoms with Gasteiger partial charge >= 0.3 is 0 Å². The van der Waals surface area contributed by atoms with Gasteiger partial charge in [0.1, 0.15) is 17.2 Å². The van der Waals surface area contributed by atoms with Gasteiger partial charge in [-0.15, -0.1) is 0 Å². The molecule has 0 saturated heterocycles. The molecule has 1 aromatic heterocycles. The molecular weight excluding hydrogens is 374 g/mol. The predicted molar refractivity (Wildman–Crippen MR) is 106 cm³/mol. The molecule has 0 spiro atoms. The second-order valence-electron chi connectivity index (χ2n) is 6.32. The molecule has 0 aliphatic rings. The fraction of sp³-hybridized carbons (Fsp3) is 0.286. The summed E-state index contributed by atoms with van der Waals surface area (Å²) < 4.78 is 21.5. The molecule has 0 aliphatic carbocycles. The molecule has 152 valence electrons. The maximum absolute atomic E-state index is 12.3. The molecule has 1 heterocycles. The standard InChI is InChI=1S/C21H23N3O5/c1-13-7-5-6-8-17(13)28-14(2)21(25)22-12-19-23-20(24-29-19)16-10-9-15(26-3)11-18(16)27-4/h5-11,14H,12H2,1-4H3,(H,22,25). The van der Waals surface area contributed by atoms with E-state index in [0.717, 1.165) is 5.56 Å². The number of rotatable bonds is 8. The molecule has 8 nitrogen and oxygen atoms in total. The van der Waals surface area contributed by atoms with Gasteiger partial charge in [-0.3, -0.25) is 4.79 Å². The second-order valence-corrected chi connectivity index (χ2v) is 6.32. The van der Waals surface area contributed by atoms with Gasteiger partial charge in [0.05, 0.1) is 26.3 Å². The molecule has 0 fully saturated rings.